The van der Waals surface area contributed by atoms with Gasteiger partial charge in [0, 0.05) is 0 Å². The van der Waals surface area contributed by atoms with E-state index in [0.29, 0.717) is 0 Å². The number of rotatable bonds is 6. The van der Waals surface area contributed by atoms with Crippen molar-refractivity contribution >= 4 is 56.5 Å². The van der Waals surface area contributed by atoms with Crippen molar-refractivity contribution in [2.24, 2.45) is 20.0 Å². The van der Waals surface area contributed by atoms with Crippen molar-refractivity contribution < 1.29 is 70.2 Å². The molecule has 2 atom stereocenters. The highest BCUT2D eigenvalue weighted by Gasteiger charge is 2.35. The second-order valence-electron chi connectivity index (χ2n) is 14.8. The number of aromatic nitrogens is 10. The van der Waals surface area contributed by atoms with E-state index in [4.69, 9.17) is 36.3 Å². The van der Waals surface area contributed by atoms with E-state index in [9.17, 15) is 80.8 Å². The van der Waals surface area contributed by atoms with Gasteiger partial charge in [-0.3, -0.25) is 4.85 Å². The van der Waals surface area contributed by atoms with E-state index in [-0.39, 0.29) is 0 Å². The lowest BCUT2D eigenvalue weighted by Gasteiger charge is -2.08. The topological polar surface area (TPSA) is 240 Å². The van der Waals surface area contributed by atoms with Gasteiger partial charge < -0.3 is 9.97 Å². The van der Waals surface area contributed by atoms with Gasteiger partial charge in [-0.05, 0) is 23.2 Å². The molecule has 18 nitrogen and oxygen atoms in total. The van der Waals surface area contributed by atoms with Crippen LogP contribution >= 0.6 is 23.2 Å². The molecule has 0 fully saturated rings. The number of hydrogen-bond acceptors (Lipinski definition) is 14. The summed E-state index contributed by atoms with van der Waals surface area (Å²) in [5.74, 6) is -39.3. The Morgan fingerprint density at radius 3 is 1.29 bits per heavy atom. The number of hydrogen-bond donors (Lipinski definition) is 2. The van der Waals surface area contributed by atoms with Crippen LogP contribution in [-0.4, -0.2) is 49.8 Å². The first-order valence-corrected chi connectivity index (χ1v) is 20.6. The fraction of sp³-hybridized carbons (Fsp3) is 0.0476. The third kappa shape index (κ3) is 8.40. The summed E-state index contributed by atoms with van der Waals surface area (Å²) in [7, 11) is 0. The standard InChI is InChI=1S/C21H4ClF8N9.C21ClF8N9/c2*1-32-16(19-35-14-10(29)6(25)7(26)11(30)15(14)36-19)20-37-18(38-21(22)39-20)3(2-31)17-33-12-8(27)4(23)5(24)9(28)13(12)34-17/h3,16H,(H,33,34)(H,35,36);. The van der Waals surface area contributed by atoms with E-state index >= 15 is 0 Å². The summed E-state index contributed by atoms with van der Waals surface area (Å²) in [6, 6.07) is 1.40. The van der Waals surface area contributed by atoms with Gasteiger partial charge in [0.15, 0.2) is 134 Å². The molecule has 0 aliphatic carbocycles. The van der Waals surface area contributed by atoms with Gasteiger partial charge in [-0.25, -0.2) is 132 Å². The zero-order valence-corrected chi connectivity index (χ0v) is 37.6. The van der Waals surface area contributed by atoms with E-state index in [1.54, 1.807) is 6.07 Å². The van der Waals surface area contributed by atoms with E-state index in [1.807, 2.05) is 0 Å². The Labute approximate surface area is 424 Å². The molecule has 4 aromatic carbocycles. The van der Waals surface area contributed by atoms with Gasteiger partial charge in [0.05, 0.1) is 12.6 Å². The maximum absolute atomic E-state index is 14.1. The minimum absolute atomic E-state index is 0.576. The van der Waals surface area contributed by atoms with Crippen molar-refractivity contribution in [1.82, 2.24) is 49.8 Å². The number of imidazole rings is 2. The molecule has 10 rings (SSSR count). The molecule has 0 saturated heterocycles. The van der Waals surface area contributed by atoms with Gasteiger partial charge in [0.1, 0.15) is 61.0 Å². The third-order valence-corrected chi connectivity index (χ3v) is 10.7. The minimum atomic E-state index is -2.18. The van der Waals surface area contributed by atoms with Crippen LogP contribution in [0.1, 0.15) is 46.9 Å². The lowest BCUT2D eigenvalue weighted by molar-refractivity contribution is 0.399. The first kappa shape index (κ1) is 52.8. The van der Waals surface area contributed by atoms with Crippen LogP contribution < -0.4 is 21.4 Å². The van der Waals surface area contributed by atoms with Gasteiger partial charge in [0.25, 0.3) is 5.70 Å². The van der Waals surface area contributed by atoms with Crippen LogP contribution in [0.25, 0.3) is 43.0 Å². The van der Waals surface area contributed by atoms with Crippen LogP contribution in [0, 0.1) is 129 Å². The molecule has 0 radical (unpaired) electrons. The highest BCUT2D eigenvalue weighted by Crippen LogP contribution is 2.33. The van der Waals surface area contributed by atoms with Gasteiger partial charge in [0.2, 0.25) is 16.4 Å². The van der Waals surface area contributed by atoms with Crippen molar-refractivity contribution in [2.45, 2.75) is 12.0 Å². The van der Waals surface area contributed by atoms with Crippen molar-refractivity contribution in [3.8, 4) is 12.1 Å². The number of H-pyrrole nitrogens is 2. The highest BCUT2D eigenvalue weighted by molar-refractivity contribution is 6.28. The predicted molar refractivity (Wildman–Crippen MR) is 221 cm³/mol. The van der Waals surface area contributed by atoms with Crippen LogP contribution in [0.3, 0.4) is 0 Å². The first-order valence-electron chi connectivity index (χ1n) is 19.8. The molecule has 0 bridgehead atoms. The molecular weight excluding hydrogens is 1130 g/mol. The summed E-state index contributed by atoms with van der Waals surface area (Å²) >= 11 is 11.7. The Balaban J connectivity index is 0.000000190. The van der Waals surface area contributed by atoms with Crippen molar-refractivity contribution in [1.29, 1.82) is 10.5 Å². The van der Waals surface area contributed by atoms with E-state index in [0.717, 1.165) is 0 Å². The molecule has 388 valence electrons. The maximum Gasteiger partial charge on any atom is 0.338 e. The van der Waals surface area contributed by atoms with Crippen molar-refractivity contribution in [3.05, 3.63) is 194 Å². The molecule has 2 aliphatic rings. The smallest absolute Gasteiger partial charge is 0.338 e. The average molecular weight is 1140 g/mol. The predicted octanol–water partition coefficient (Wildman–Crippen LogP) is 7.34. The Hall–Kier alpha value is -10.1. The summed E-state index contributed by atoms with van der Waals surface area (Å²) in [4.78, 5) is 54.0. The monoisotopic (exact) mass is 1130 g/mol. The molecule has 36 heteroatoms. The van der Waals surface area contributed by atoms with Crippen molar-refractivity contribution in [2.75, 3.05) is 0 Å². The molecule has 2 unspecified atom stereocenters. The number of allylic oxidation sites excluding steroid dienone is 1. The Morgan fingerprint density at radius 1 is 0.449 bits per heavy atom. The summed E-state index contributed by atoms with van der Waals surface area (Å²) in [5.41, 5.74) is -5.33. The summed E-state index contributed by atoms with van der Waals surface area (Å²) in [6.07, 6.45) is 0. The largest absolute Gasteiger partial charge is 0.338 e. The zero-order chi connectivity index (χ0) is 56.7. The SMILES string of the molecule is [C-]#[N+]C(=C1N=c2c(F)c(F)c(F)c(F)c2=N1)c1nc(Cl)nc(C(C#N)=C2N=c3c(F)c(F)c(F)c(F)c3=N2)n1.[C-]#[N+]C(c1nc(Cl)nc(C(C#N)c2nc3c(F)c(F)c(F)c(F)c3[nH]2)n1)c1nc2c(F)c(F)c(F)c(F)c2[nH]1. The Morgan fingerprint density at radius 2 is 0.846 bits per heavy atom. The number of nitrogens with zero attached hydrogens (tertiary/aromatic N) is 16. The number of nitrogens with one attached hydrogen (secondary N) is 2. The Bertz CT molecular complexity index is 4130. The van der Waals surface area contributed by atoms with Crippen LogP contribution in [0.2, 0.25) is 10.6 Å². The van der Waals surface area contributed by atoms with Crippen LogP contribution in [0.4, 0.5) is 70.2 Å². The lowest BCUT2D eigenvalue weighted by Crippen LogP contribution is -2.32. The minimum Gasteiger partial charge on any atom is -0.338 e. The molecule has 2 aliphatic heterocycles. The molecule has 6 heterocycles. The average Bonchev–Trinajstić information content (AvgIpc) is 4.26. The first-order chi connectivity index (χ1) is 37.0. The summed E-state index contributed by atoms with van der Waals surface area (Å²) < 4.78 is 222. The normalized spacial score (nSPS) is 12.9. The fourth-order valence-corrected chi connectivity index (χ4v) is 7.23. The van der Waals surface area contributed by atoms with E-state index in [2.05, 4.69) is 79.5 Å². The molecule has 2 N–H and O–H groups in total. The summed E-state index contributed by atoms with van der Waals surface area (Å²) in [6.45, 7) is 14.9. The van der Waals surface area contributed by atoms with Crippen LogP contribution in [0.5, 0.6) is 0 Å². The zero-order valence-electron chi connectivity index (χ0n) is 36.1. The molecule has 4 aromatic heterocycles. The number of benzene rings is 4. The number of nitriles is 2. The molecule has 78 heavy (non-hydrogen) atoms. The second-order valence-corrected chi connectivity index (χ2v) is 15.5. The summed E-state index contributed by atoms with van der Waals surface area (Å²) in [5, 5.41) is 13.7. The maximum atomic E-state index is 14.1. The lowest BCUT2D eigenvalue weighted by atomic mass is 10.1. The highest BCUT2D eigenvalue weighted by atomic mass is 35.5. The number of fused-ring (bicyclic) bond motifs is 4. The molecule has 0 amide bonds. The molecule has 0 spiro atoms. The second kappa shape index (κ2) is 19.6. The quantitative estimate of drug-likeness (QED) is 0.0552. The fourth-order valence-electron chi connectivity index (χ4n) is 6.90. The van der Waals surface area contributed by atoms with Crippen molar-refractivity contribution in [3.63, 3.8) is 0 Å². The molecule has 8 aromatic rings. The van der Waals surface area contributed by atoms with Gasteiger partial charge in [-0.15, -0.1) is 0 Å². The third-order valence-electron chi connectivity index (χ3n) is 10.4. The van der Waals surface area contributed by atoms with Gasteiger partial charge in [-0.1, -0.05) is 0 Å². The van der Waals surface area contributed by atoms with E-state index in [1.165, 1.54) is 6.07 Å². The van der Waals surface area contributed by atoms with Gasteiger partial charge >= 0.3 is 6.04 Å². The number of aromatic amines is 2. The van der Waals surface area contributed by atoms with E-state index < -0.39 is 217 Å². The molecular formula is C42H4Cl2F16N18. The number of halogens is 18. The molecule has 0 saturated carbocycles. The van der Waals surface area contributed by atoms with Crippen LogP contribution in [-0.2, 0) is 0 Å². The van der Waals surface area contributed by atoms with Gasteiger partial charge in [-0.2, -0.15) is 20.5 Å². The van der Waals surface area contributed by atoms with Crippen LogP contribution in [0.15, 0.2) is 31.6 Å². The Kier molecular flexibility index (Phi) is 13.2.